The van der Waals surface area contributed by atoms with Crippen molar-refractivity contribution in [2.24, 2.45) is 0 Å². The highest BCUT2D eigenvalue weighted by Gasteiger charge is 1.98. The van der Waals surface area contributed by atoms with Crippen LogP contribution in [0.15, 0.2) is 78.9 Å². The summed E-state index contributed by atoms with van der Waals surface area (Å²) in [6.45, 7) is 4.89. The molecule has 1 N–H and O–H groups in total. The minimum atomic E-state index is 0.528. The van der Waals surface area contributed by atoms with Gasteiger partial charge in [-0.25, -0.2) is 0 Å². The van der Waals surface area contributed by atoms with Crippen molar-refractivity contribution in [3.8, 4) is 11.5 Å². The van der Waals surface area contributed by atoms with Crippen LogP contribution in [0.25, 0.3) is 0 Å². The molecule has 3 aromatic carbocycles. The quantitative estimate of drug-likeness (QED) is 0.567. The Balaban J connectivity index is 1.36. The first-order valence-electron chi connectivity index (χ1n) is 8.95. The number of rotatable bonds is 9. The van der Waals surface area contributed by atoms with Gasteiger partial charge < -0.3 is 14.8 Å². The van der Waals surface area contributed by atoms with Crippen LogP contribution in [0.4, 0.5) is 0 Å². The summed E-state index contributed by atoms with van der Waals surface area (Å²) in [5.41, 5.74) is 3.84. The van der Waals surface area contributed by atoms with Gasteiger partial charge in [-0.15, -0.1) is 0 Å². The van der Waals surface area contributed by atoms with Gasteiger partial charge in [0.05, 0.1) is 0 Å². The summed E-state index contributed by atoms with van der Waals surface area (Å²) in [5.74, 6) is 1.73. The van der Waals surface area contributed by atoms with Crippen molar-refractivity contribution in [3.05, 3.63) is 95.6 Å². The second-order valence-corrected chi connectivity index (χ2v) is 6.25. The number of hydrogen-bond acceptors (Lipinski definition) is 3. The number of nitrogens with one attached hydrogen (secondary N) is 1. The SMILES string of the molecule is Cc1cccc(CNCc2ccc(OCCOc3ccccc3)cc2)c1. The van der Waals surface area contributed by atoms with Crippen molar-refractivity contribution in [1.29, 1.82) is 0 Å². The van der Waals surface area contributed by atoms with Crippen LogP contribution < -0.4 is 14.8 Å². The molecule has 0 atom stereocenters. The van der Waals surface area contributed by atoms with E-state index in [4.69, 9.17) is 9.47 Å². The molecule has 0 aliphatic heterocycles. The highest BCUT2D eigenvalue weighted by molar-refractivity contribution is 5.27. The third kappa shape index (κ3) is 5.94. The minimum Gasteiger partial charge on any atom is -0.490 e. The molecule has 0 fully saturated rings. The van der Waals surface area contributed by atoms with Crippen LogP contribution in [0.2, 0.25) is 0 Å². The van der Waals surface area contributed by atoms with Crippen LogP contribution in [-0.2, 0) is 13.1 Å². The maximum absolute atomic E-state index is 5.72. The number of hydrogen-bond donors (Lipinski definition) is 1. The van der Waals surface area contributed by atoms with Gasteiger partial charge in [-0.2, -0.15) is 0 Å². The Morgan fingerprint density at radius 3 is 2.00 bits per heavy atom. The molecule has 0 saturated heterocycles. The van der Waals surface area contributed by atoms with Crippen LogP contribution in [0.1, 0.15) is 16.7 Å². The summed E-state index contributed by atoms with van der Waals surface area (Å²) in [6, 6.07) is 26.6. The lowest BCUT2D eigenvalue weighted by molar-refractivity contribution is 0.217. The largest absolute Gasteiger partial charge is 0.490 e. The van der Waals surface area contributed by atoms with Crippen LogP contribution in [-0.4, -0.2) is 13.2 Å². The highest BCUT2D eigenvalue weighted by Crippen LogP contribution is 2.13. The first kappa shape index (κ1) is 18.0. The Kier molecular flexibility index (Phi) is 6.68. The topological polar surface area (TPSA) is 30.5 Å². The van der Waals surface area contributed by atoms with Gasteiger partial charge in [0.2, 0.25) is 0 Å². The molecule has 0 amide bonds. The van der Waals surface area contributed by atoms with E-state index in [2.05, 4.69) is 48.6 Å². The Hall–Kier alpha value is -2.78. The molecule has 134 valence electrons. The van der Waals surface area contributed by atoms with E-state index in [-0.39, 0.29) is 0 Å². The normalized spacial score (nSPS) is 10.5. The minimum absolute atomic E-state index is 0.528. The smallest absolute Gasteiger partial charge is 0.122 e. The predicted octanol–water partition coefficient (Wildman–Crippen LogP) is 4.74. The molecule has 3 aromatic rings. The lowest BCUT2D eigenvalue weighted by Crippen LogP contribution is -2.12. The Morgan fingerprint density at radius 2 is 1.31 bits per heavy atom. The van der Waals surface area contributed by atoms with Gasteiger partial charge in [-0.3, -0.25) is 0 Å². The molecule has 0 heterocycles. The zero-order chi connectivity index (χ0) is 18.0. The third-order valence-electron chi connectivity index (χ3n) is 4.03. The molecule has 0 aliphatic rings. The molecule has 3 rings (SSSR count). The number of ether oxygens (including phenoxy) is 2. The molecule has 0 unspecified atom stereocenters. The van der Waals surface area contributed by atoms with Gasteiger partial charge in [-0.1, -0.05) is 60.2 Å². The fourth-order valence-corrected chi connectivity index (χ4v) is 2.71. The maximum Gasteiger partial charge on any atom is 0.122 e. The van der Waals surface area contributed by atoms with Crippen molar-refractivity contribution in [1.82, 2.24) is 5.32 Å². The molecule has 0 spiro atoms. The summed E-state index contributed by atoms with van der Waals surface area (Å²) in [6.07, 6.45) is 0. The Morgan fingerprint density at radius 1 is 0.654 bits per heavy atom. The molecule has 0 bridgehead atoms. The summed E-state index contributed by atoms with van der Waals surface area (Å²) < 4.78 is 11.3. The van der Waals surface area contributed by atoms with Gasteiger partial charge in [0.1, 0.15) is 24.7 Å². The van der Waals surface area contributed by atoms with Crippen molar-refractivity contribution in [3.63, 3.8) is 0 Å². The van der Waals surface area contributed by atoms with Gasteiger partial charge in [0, 0.05) is 13.1 Å². The second-order valence-electron chi connectivity index (χ2n) is 6.25. The van der Waals surface area contributed by atoms with Crippen molar-refractivity contribution >= 4 is 0 Å². The first-order valence-corrected chi connectivity index (χ1v) is 8.95. The van der Waals surface area contributed by atoms with Crippen LogP contribution >= 0.6 is 0 Å². The van der Waals surface area contributed by atoms with Gasteiger partial charge in [0.25, 0.3) is 0 Å². The van der Waals surface area contributed by atoms with E-state index in [1.807, 2.05) is 42.5 Å². The molecule has 0 aliphatic carbocycles. The van der Waals surface area contributed by atoms with Crippen LogP contribution in [0, 0.1) is 6.92 Å². The molecule has 3 nitrogen and oxygen atoms in total. The predicted molar refractivity (Wildman–Crippen MR) is 106 cm³/mol. The lowest BCUT2D eigenvalue weighted by atomic mass is 10.1. The van der Waals surface area contributed by atoms with Gasteiger partial charge >= 0.3 is 0 Å². The fourth-order valence-electron chi connectivity index (χ4n) is 2.71. The van der Waals surface area contributed by atoms with Crippen molar-refractivity contribution < 1.29 is 9.47 Å². The molecular weight excluding hydrogens is 322 g/mol. The average Bonchev–Trinajstić information content (AvgIpc) is 2.67. The van der Waals surface area contributed by atoms with Crippen molar-refractivity contribution in [2.75, 3.05) is 13.2 Å². The van der Waals surface area contributed by atoms with Crippen molar-refractivity contribution in [2.45, 2.75) is 20.0 Å². The van der Waals surface area contributed by atoms with E-state index < -0.39 is 0 Å². The second kappa shape index (κ2) is 9.64. The molecule has 0 aromatic heterocycles. The van der Waals surface area contributed by atoms with E-state index in [1.54, 1.807) is 0 Å². The number of para-hydroxylation sites is 1. The van der Waals surface area contributed by atoms with E-state index in [0.717, 1.165) is 24.6 Å². The fraction of sp³-hybridized carbons (Fsp3) is 0.217. The van der Waals surface area contributed by atoms with E-state index in [9.17, 15) is 0 Å². The summed E-state index contributed by atoms with van der Waals surface area (Å²) in [5, 5.41) is 3.47. The lowest BCUT2D eigenvalue weighted by Gasteiger charge is -2.09. The zero-order valence-corrected chi connectivity index (χ0v) is 15.2. The Bertz CT molecular complexity index is 785. The van der Waals surface area contributed by atoms with Crippen LogP contribution in [0.3, 0.4) is 0 Å². The molecular formula is C23H25NO2. The first-order chi connectivity index (χ1) is 12.8. The van der Waals surface area contributed by atoms with E-state index in [0.29, 0.717) is 13.2 Å². The van der Waals surface area contributed by atoms with E-state index in [1.165, 1.54) is 16.7 Å². The van der Waals surface area contributed by atoms with Gasteiger partial charge in [-0.05, 0) is 42.3 Å². The number of benzene rings is 3. The summed E-state index contributed by atoms with van der Waals surface area (Å²) in [7, 11) is 0. The molecule has 0 saturated carbocycles. The Labute approximate surface area is 155 Å². The molecule has 3 heteroatoms. The standard InChI is InChI=1S/C23H25NO2/c1-19-6-5-7-21(16-19)18-24-17-20-10-12-23(13-11-20)26-15-14-25-22-8-3-2-4-9-22/h2-13,16,24H,14-15,17-18H2,1H3. The molecule has 0 radical (unpaired) electrons. The highest BCUT2D eigenvalue weighted by atomic mass is 16.5. The molecule has 26 heavy (non-hydrogen) atoms. The maximum atomic E-state index is 5.72. The number of aryl methyl sites for hydroxylation is 1. The summed E-state index contributed by atoms with van der Waals surface area (Å²) in [4.78, 5) is 0. The third-order valence-corrected chi connectivity index (χ3v) is 4.03. The summed E-state index contributed by atoms with van der Waals surface area (Å²) >= 11 is 0. The van der Waals surface area contributed by atoms with Gasteiger partial charge in [0.15, 0.2) is 0 Å². The zero-order valence-electron chi connectivity index (χ0n) is 15.2. The average molecular weight is 347 g/mol. The van der Waals surface area contributed by atoms with E-state index >= 15 is 0 Å². The monoisotopic (exact) mass is 347 g/mol. The van der Waals surface area contributed by atoms with Crippen LogP contribution in [0.5, 0.6) is 11.5 Å².